The van der Waals surface area contributed by atoms with Crippen molar-refractivity contribution < 1.29 is 0 Å². The van der Waals surface area contributed by atoms with Crippen molar-refractivity contribution in [2.24, 2.45) is 0 Å². The molecular weight excluding hydrogens is 124 g/mol. The Morgan fingerprint density at radius 2 is 2.14 bits per heavy atom. The van der Waals surface area contributed by atoms with E-state index >= 15 is 0 Å². The molecule has 0 saturated carbocycles. The SMILES string of the molecule is CC[C@@](C)(S)SC. The fraction of sp³-hybridized carbons (Fsp3) is 1.00. The van der Waals surface area contributed by atoms with Gasteiger partial charge in [-0.2, -0.15) is 12.6 Å². The van der Waals surface area contributed by atoms with Crippen LogP contribution in [0.5, 0.6) is 0 Å². The molecule has 0 saturated heterocycles. The predicted octanol–water partition coefficient (Wildman–Crippen LogP) is 2.41. The van der Waals surface area contributed by atoms with Crippen LogP contribution in [0, 0.1) is 0 Å². The highest BCUT2D eigenvalue weighted by atomic mass is 32.2. The van der Waals surface area contributed by atoms with Gasteiger partial charge < -0.3 is 0 Å². The molecule has 0 aliphatic heterocycles. The van der Waals surface area contributed by atoms with E-state index in [-0.39, 0.29) is 4.08 Å². The van der Waals surface area contributed by atoms with Gasteiger partial charge in [0.05, 0.1) is 4.08 Å². The van der Waals surface area contributed by atoms with Gasteiger partial charge in [0.1, 0.15) is 0 Å². The van der Waals surface area contributed by atoms with Gasteiger partial charge in [0.25, 0.3) is 0 Å². The predicted molar refractivity (Wildman–Crippen MR) is 41.2 cm³/mol. The average Bonchev–Trinajstić information content (AvgIpc) is 1.68. The summed E-state index contributed by atoms with van der Waals surface area (Å²) < 4.78 is 0.194. The maximum absolute atomic E-state index is 4.35. The topological polar surface area (TPSA) is 0 Å². The minimum absolute atomic E-state index is 0.194. The van der Waals surface area contributed by atoms with Crippen LogP contribution in [0.1, 0.15) is 20.3 Å². The molecule has 0 aromatic carbocycles. The fourth-order valence-electron chi connectivity index (χ4n) is 0.144. The van der Waals surface area contributed by atoms with Crippen LogP contribution in [-0.4, -0.2) is 10.3 Å². The van der Waals surface area contributed by atoms with Crippen molar-refractivity contribution in [2.75, 3.05) is 6.26 Å². The maximum atomic E-state index is 4.35. The Bertz CT molecular complexity index is 44.0. The number of rotatable bonds is 2. The summed E-state index contributed by atoms with van der Waals surface area (Å²) in [6.45, 7) is 4.27. The lowest BCUT2D eigenvalue weighted by molar-refractivity contribution is 0.856. The van der Waals surface area contributed by atoms with Crippen molar-refractivity contribution in [1.82, 2.24) is 0 Å². The molecule has 0 N–H and O–H groups in total. The molecule has 0 rings (SSSR count). The molecule has 0 nitrogen and oxygen atoms in total. The second kappa shape index (κ2) is 2.88. The van der Waals surface area contributed by atoms with Gasteiger partial charge in [-0.3, -0.25) is 0 Å². The zero-order valence-electron chi connectivity index (χ0n) is 5.06. The van der Waals surface area contributed by atoms with Crippen molar-refractivity contribution >= 4 is 24.4 Å². The van der Waals surface area contributed by atoms with E-state index in [9.17, 15) is 0 Å². The summed E-state index contributed by atoms with van der Waals surface area (Å²) in [5, 5.41) is 0. The normalized spacial score (nSPS) is 18.9. The molecule has 0 bridgehead atoms. The van der Waals surface area contributed by atoms with E-state index in [4.69, 9.17) is 0 Å². The fourth-order valence-corrected chi connectivity index (χ4v) is 0.433. The number of hydrogen-bond donors (Lipinski definition) is 1. The second-order valence-corrected chi connectivity index (χ2v) is 4.33. The van der Waals surface area contributed by atoms with Crippen LogP contribution in [0.25, 0.3) is 0 Å². The van der Waals surface area contributed by atoms with E-state index in [0.29, 0.717) is 0 Å². The minimum Gasteiger partial charge on any atom is -0.162 e. The molecule has 0 aliphatic rings. The van der Waals surface area contributed by atoms with Crippen LogP contribution in [0.2, 0.25) is 0 Å². The Morgan fingerprint density at radius 3 is 2.14 bits per heavy atom. The van der Waals surface area contributed by atoms with Gasteiger partial charge in [-0.15, -0.1) is 11.8 Å². The van der Waals surface area contributed by atoms with Gasteiger partial charge in [-0.25, -0.2) is 0 Å². The average molecular weight is 136 g/mol. The van der Waals surface area contributed by atoms with Crippen molar-refractivity contribution in [3.05, 3.63) is 0 Å². The quantitative estimate of drug-likeness (QED) is 0.449. The van der Waals surface area contributed by atoms with E-state index in [1.807, 2.05) is 0 Å². The maximum Gasteiger partial charge on any atom is 0.0548 e. The van der Waals surface area contributed by atoms with Gasteiger partial charge in [0.2, 0.25) is 0 Å². The van der Waals surface area contributed by atoms with Crippen LogP contribution in [0.4, 0.5) is 0 Å². The lowest BCUT2D eigenvalue weighted by Gasteiger charge is -2.16. The number of thioether (sulfide) groups is 1. The van der Waals surface area contributed by atoms with E-state index in [2.05, 4.69) is 32.7 Å². The van der Waals surface area contributed by atoms with Crippen molar-refractivity contribution in [2.45, 2.75) is 24.3 Å². The molecule has 0 aromatic heterocycles. The van der Waals surface area contributed by atoms with Crippen molar-refractivity contribution in [3.8, 4) is 0 Å². The van der Waals surface area contributed by atoms with Gasteiger partial charge in [-0.1, -0.05) is 6.92 Å². The van der Waals surface area contributed by atoms with Crippen molar-refractivity contribution in [3.63, 3.8) is 0 Å². The lowest BCUT2D eigenvalue weighted by atomic mass is 10.4. The van der Waals surface area contributed by atoms with Crippen LogP contribution >= 0.6 is 24.4 Å². The van der Waals surface area contributed by atoms with Crippen LogP contribution in [-0.2, 0) is 0 Å². The van der Waals surface area contributed by atoms with Crippen LogP contribution in [0.15, 0.2) is 0 Å². The highest BCUT2D eigenvalue weighted by Gasteiger charge is 2.11. The van der Waals surface area contributed by atoms with E-state index < -0.39 is 0 Å². The van der Waals surface area contributed by atoms with E-state index in [0.717, 1.165) is 6.42 Å². The summed E-state index contributed by atoms with van der Waals surface area (Å²) in [5.74, 6) is 0. The smallest absolute Gasteiger partial charge is 0.0548 e. The molecule has 0 unspecified atom stereocenters. The molecule has 7 heavy (non-hydrogen) atoms. The molecule has 0 aliphatic carbocycles. The molecule has 44 valence electrons. The third-order valence-corrected chi connectivity index (χ3v) is 3.13. The second-order valence-electron chi connectivity index (χ2n) is 1.73. The summed E-state index contributed by atoms with van der Waals surface area (Å²) >= 11 is 6.14. The molecule has 2 heteroatoms. The zero-order valence-corrected chi connectivity index (χ0v) is 6.77. The van der Waals surface area contributed by atoms with Crippen molar-refractivity contribution in [1.29, 1.82) is 0 Å². The Balaban J connectivity index is 3.36. The first kappa shape index (κ1) is 7.70. The molecule has 0 fully saturated rings. The summed E-state index contributed by atoms with van der Waals surface area (Å²) in [6, 6.07) is 0. The van der Waals surface area contributed by atoms with E-state index in [1.165, 1.54) is 0 Å². The molecule has 0 heterocycles. The van der Waals surface area contributed by atoms with Crippen LogP contribution in [0.3, 0.4) is 0 Å². The van der Waals surface area contributed by atoms with Gasteiger partial charge in [0.15, 0.2) is 0 Å². The summed E-state index contributed by atoms with van der Waals surface area (Å²) in [6.07, 6.45) is 3.20. The standard InChI is InChI=1S/C5H12S2/c1-4-5(2,6)7-3/h6H,4H2,1-3H3/t5-/m0/s1. The van der Waals surface area contributed by atoms with Gasteiger partial charge in [-0.05, 0) is 19.6 Å². The lowest BCUT2D eigenvalue weighted by Crippen LogP contribution is -2.06. The third-order valence-electron chi connectivity index (χ3n) is 1.10. The summed E-state index contributed by atoms with van der Waals surface area (Å²) in [4.78, 5) is 0. The largest absolute Gasteiger partial charge is 0.162 e. The molecule has 1 atom stereocenters. The Morgan fingerprint density at radius 1 is 1.71 bits per heavy atom. The Labute approximate surface area is 55.5 Å². The first-order chi connectivity index (χ1) is 3.12. The molecule has 0 amide bonds. The number of thiol groups is 1. The molecule has 0 aromatic rings. The Kier molecular flexibility index (Phi) is 3.16. The summed E-state index contributed by atoms with van der Waals surface area (Å²) in [7, 11) is 0. The first-order valence-corrected chi connectivity index (χ1v) is 4.07. The molecular formula is C5H12S2. The highest BCUT2D eigenvalue weighted by molar-refractivity contribution is 8.11. The first-order valence-electron chi connectivity index (χ1n) is 2.40. The summed E-state index contributed by atoms with van der Waals surface area (Å²) in [5.41, 5.74) is 0. The van der Waals surface area contributed by atoms with Gasteiger partial charge in [0, 0.05) is 0 Å². The van der Waals surface area contributed by atoms with Gasteiger partial charge >= 0.3 is 0 Å². The Hall–Kier alpha value is 0.700. The zero-order chi connectivity index (χ0) is 5.91. The number of hydrogen-bond acceptors (Lipinski definition) is 2. The molecule has 0 radical (unpaired) electrons. The van der Waals surface area contributed by atoms with Crippen LogP contribution < -0.4 is 0 Å². The molecule has 0 spiro atoms. The van der Waals surface area contributed by atoms with E-state index in [1.54, 1.807) is 11.8 Å². The minimum atomic E-state index is 0.194. The monoisotopic (exact) mass is 136 g/mol. The highest BCUT2D eigenvalue weighted by Crippen LogP contribution is 2.29. The third kappa shape index (κ3) is 3.30.